The monoisotopic (exact) mass is 221 g/mol. The van der Waals surface area contributed by atoms with Gasteiger partial charge < -0.3 is 5.11 Å². The zero-order valence-corrected chi connectivity index (χ0v) is 8.21. The molecule has 2 aromatic rings. The molecular weight excluding hydrogens is 214 g/mol. The van der Waals surface area contributed by atoms with Gasteiger partial charge in [0.25, 0.3) is 11.7 Å². The number of anilines is 1. The zero-order chi connectivity index (χ0) is 11.7. The summed E-state index contributed by atoms with van der Waals surface area (Å²) in [6, 6.07) is 0. The Morgan fingerprint density at radius 2 is 2.25 bits per heavy atom. The summed E-state index contributed by atoms with van der Waals surface area (Å²) in [6.07, 6.45) is 2.44. The molecule has 0 aromatic carbocycles. The Kier molecular flexibility index (Phi) is 2.24. The van der Waals surface area contributed by atoms with E-state index >= 15 is 0 Å². The average Bonchev–Trinajstić information content (AvgIpc) is 2.56. The molecule has 16 heavy (non-hydrogen) atoms. The predicted molar refractivity (Wildman–Crippen MR) is 52.0 cm³/mol. The number of rotatable bonds is 2. The summed E-state index contributed by atoms with van der Waals surface area (Å²) >= 11 is 0. The molecule has 2 heterocycles. The number of nitrogens with one attached hydrogen (secondary N) is 1. The lowest BCUT2D eigenvalue weighted by molar-refractivity contribution is -0.114. The van der Waals surface area contributed by atoms with Crippen molar-refractivity contribution in [2.45, 2.75) is 6.92 Å². The van der Waals surface area contributed by atoms with Crippen LogP contribution in [-0.4, -0.2) is 36.6 Å². The van der Waals surface area contributed by atoms with Crippen LogP contribution < -0.4 is 5.32 Å². The summed E-state index contributed by atoms with van der Waals surface area (Å²) in [5.41, 5.74) is -0.00762. The van der Waals surface area contributed by atoms with Gasteiger partial charge in [0.15, 0.2) is 0 Å². The molecule has 0 unspecified atom stereocenters. The van der Waals surface area contributed by atoms with E-state index in [2.05, 4.69) is 20.4 Å². The Labute approximate surface area is 88.9 Å². The highest BCUT2D eigenvalue weighted by Crippen LogP contribution is 2.04. The van der Waals surface area contributed by atoms with Crippen LogP contribution in [0.25, 0.3) is 5.78 Å². The van der Waals surface area contributed by atoms with Gasteiger partial charge in [-0.1, -0.05) is 0 Å². The van der Waals surface area contributed by atoms with Crippen LogP contribution in [0.3, 0.4) is 0 Å². The van der Waals surface area contributed by atoms with Gasteiger partial charge in [0.05, 0.1) is 5.56 Å². The third kappa shape index (κ3) is 1.80. The molecule has 0 bridgehead atoms. The summed E-state index contributed by atoms with van der Waals surface area (Å²) in [4.78, 5) is 29.1. The highest BCUT2D eigenvalue weighted by Gasteiger charge is 2.09. The van der Waals surface area contributed by atoms with E-state index in [1.54, 1.807) is 0 Å². The van der Waals surface area contributed by atoms with Crippen LogP contribution in [0, 0.1) is 0 Å². The maximum Gasteiger partial charge on any atom is 0.338 e. The first kappa shape index (κ1) is 10.0. The fourth-order valence-corrected chi connectivity index (χ4v) is 1.10. The van der Waals surface area contributed by atoms with Gasteiger partial charge in [-0.3, -0.25) is 10.1 Å². The van der Waals surface area contributed by atoms with Crippen LogP contribution >= 0.6 is 0 Å². The lowest BCUT2D eigenvalue weighted by Gasteiger charge is -1.92. The van der Waals surface area contributed by atoms with Crippen molar-refractivity contribution in [2.75, 3.05) is 5.32 Å². The van der Waals surface area contributed by atoms with E-state index < -0.39 is 5.97 Å². The second-order valence-corrected chi connectivity index (χ2v) is 3.01. The number of aromatic nitrogens is 4. The Hall–Kier alpha value is -2.51. The Balaban J connectivity index is 2.45. The number of carbonyl (C=O) groups excluding carboxylic acids is 1. The van der Waals surface area contributed by atoms with E-state index in [4.69, 9.17) is 5.11 Å². The molecule has 0 spiro atoms. The van der Waals surface area contributed by atoms with Gasteiger partial charge in [-0.15, -0.1) is 5.10 Å². The Morgan fingerprint density at radius 3 is 2.88 bits per heavy atom. The number of amides is 1. The second-order valence-electron chi connectivity index (χ2n) is 3.01. The maximum atomic E-state index is 10.8. The predicted octanol–water partition coefficient (Wildman–Crippen LogP) is -0.219. The second kappa shape index (κ2) is 3.57. The fraction of sp³-hybridized carbons (Fsp3) is 0.125. The Morgan fingerprint density at radius 1 is 1.50 bits per heavy atom. The van der Waals surface area contributed by atoms with E-state index in [0.717, 1.165) is 0 Å². The molecule has 2 aromatic heterocycles. The molecule has 0 atom stereocenters. The van der Waals surface area contributed by atoms with Gasteiger partial charge in [0, 0.05) is 19.3 Å². The van der Waals surface area contributed by atoms with Crippen LogP contribution in [0.2, 0.25) is 0 Å². The van der Waals surface area contributed by atoms with E-state index in [0.29, 0.717) is 0 Å². The zero-order valence-electron chi connectivity index (χ0n) is 8.21. The normalized spacial score (nSPS) is 10.3. The number of carboxylic acids is 1. The van der Waals surface area contributed by atoms with Crippen molar-refractivity contribution in [3.63, 3.8) is 0 Å². The third-order valence-corrected chi connectivity index (χ3v) is 1.73. The van der Waals surface area contributed by atoms with Crippen molar-refractivity contribution < 1.29 is 14.7 Å². The summed E-state index contributed by atoms with van der Waals surface area (Å²) in [6.45, 7) is 1.32. The molecule has 1 amide bonds. The molecule has 0 aliphatic heterocycles. The van der Waals surface area contributed by atoms with Gasteiger partial charge in [-0.25, -0.2) is 14.3 Å². The molecule has 8 nitrogen and oxygen atoms in total. The van der Waals surface area contributed by atoms with Crippen molar-refractivity contribution in [1.29, 1.82) is 0 Å². The summed E-state index contributed by atoms with van der Waals surface area (Å²) in [5, 5.41) is 14.9. The first-order valence-electron chi connectivity index (χ1n) is 4.29. The first-order valence-corrected chi connectivity index (χ1v) is 4.29. The third-order valence-electron chi connectivity index (χ3n) is 1.73. The molecule has 0 saturated carbocycles. The van der Waals surface area contributed by atoms with Gasteiger partial charge in [0.1, 0.15) is 0 Å². The largest absolute Gasteiger partial charge is 0.478 e. The summed E-state index contributed by atoms with van der Waals surface area (Å²) in [7, 11) is 0. The van der Waals surface area contributed by atoms with E-state index in [9.17, 15) is 9.59 Å². The fourth-order valence-electron chi connectivity index (χ4n) is 1.10. The molecule has 8 heteroatoms. The minimum Gasteiger partial charge on any atom is -0.478 e. The minimum absolute atomic E-state index is 0.00762. The summed E-state index contributed by atoms with van der Waals surface area (Å²) < 4.78 is 1.19. The number of carbonyl (C=O) groups is 2. The minimum atomic E-state index is -1.11. The van der Waals surface area contributed by atoms with E-state index in [-0.39, 0.29) is 23.2 Å². The van der Waals surface area contributed by atoms with Gasteiger partial charge in [0.2, 0.25) is 5.91 Å². The molecule has 0 aliphatic carbocycles. The van der Waals surface area contributed by atoms with E-state index in [1.807, 2.05) is 0 Å². The lowest BCUT2D eigenvalue weighted by atomic mass is 10.4. The number of nitrogens with zero attached hydrogens (tertiary/aromatic N) is 4. The molecular formula is C8H7N5O3. The quantitative estimate of drug-likeness (QED) is 0.725. The smallest absolute Gasteiger partial charge is 0.338 e. The summed E-state index contributed by atoms with van der Waals surface area (Å²) in [5.74, 6) is -1.11. The molecule has 0 radical (unpaired) electrons. The van der Waals surface area contributed by atoms with Crippen LogP contribution in [0.5, 0.6) is 0 Å². The maximum absolute atomic E-state index is 10.8. The number of aromatic carboxylic acids is 1. The van der Waals surface area contributed by atoms with Crippen molar-refractivity contribution in [3.8, 4) is 0 Å². The van der Waals surface area contributed by atoms with E-state index in [1.165, 1.54) is 23.8 Å². The van der Waals surface area contributed by atoms with Crippen molar-refractivity contribution in [2.24, 2.45) is 0 Å². The standard InChI is InChI=1S/C8H7N5O3/c1-4(14)10-7-11-8-9-2-5(6(15)16)3-13(8)12-7/h2-3H,1H3,(H,15,16)(H,10,12,14). The lowest BCUT2D eigenvalue weighted by Crippen LogP contribution is -2.07. The number of carboxylic acid groups (broad SMARTS) is 1. The van der Waals surface area contributed by atoms with Gasteiger partial charge in [-0.2, -0.15) is 4.98 Å². The van der Waals surface area contributed by atoms with Crippen LogP contribution in [0.15, 0.2) is 12.4 Å². The molecule has 2 N–H and O–H groups in total. The molecule has 2 rings (SSSR count). The Bertz CT molecular complexity index is 576. The molecule has 0 fully saturated rings. The van der Waals surface area contributed by atoms with Crippen LogP contribution in [0.1, 0.15) is 17.3 Å². The molecule has 0 aliphatic rings. The van der Waals surface area contributed by atoms with Crippen molar-refractivity contribution in [1.82, 2.24) is 19.6 Å². The topological polar surface area (TPSA) is 109 Å². The van der Waals surface area contributed by atoms with Crippen molar-refractivity contribution in [3.05, 3.63) is 18.0 Å². The van der Waals surface area contributed by atoms with Gasteiger partial charge in [-0.05, 0) is 0 Å². The SMILES string of the molecule is CC(=O)Nc1nc2ncc(C(=O)O)cn2n1. The molecule has 82 valence electrons. The number of fused-ring (bicyclic) bond motifs is 1. The van der Waals surface area contributed by atoms with Crippen LogP contribution in [-0.2, 0) is 4.79 Å². The number of hydrogen-bond donors (Lipinski definition) is 2. The highest BCUT2D eigenvalue weighted by atomic mass is 16.4. The average molecular weight is 221 g/mol. The highest BCUT2D eigenvalue weighted by molar-refractivity contribution is 5.87. The number of hydrogen-bond acceptors (Lipinski definition) is 5. The molecule has 0 saturated heterocycles. The van der Waals surface area contributed by atoms with Gasteiger partial charge >= 0.3 is 5.97 Å². The first-order chi connectivity index (χ1) is 7.56. The van der Waals surface area contributed by atoms with Crippen molar-refractivity contribution >= 4 is 23.6 Å². The van der Waals surface area contributed by atoms with Crippen LogP contribution in [0.4, 0.5) is 5.95 Å².